The van der Waals surface area contributed by atoms with Gasteiger partial charge in [0.2, 0.25) is 0 Å². The molecule has 0 bridgehead atoms. The van der Waals surface area contributed by atoms with Gasteiger partial charge in [-0.25, -0.2) is 43.6 Å². The maximum Gasteiger partial charge on any atom is 1.00 e. The Kier molecular flexibility index (Phi) is 30.0. The predicted octanol–water partition coefficient (Wildman–Crippen LogP) is 10.4. The number of aromatic nitrogens is 8. The van der Waals surface area contributed by atoms with E-state index in [4.69, 9.17) is 23.2 Å². The third kappa shape index (κ3) is 24.6. The average molecular weight is 1410 g/mol. The SMILES string of the molecule is ClCCl.O=S(=O)([N-]S(=O)(=O)C(F)(F)F)C(F)(F)F.O=S(=O)([N-]S(=O)(=O)C(F)(F)F)C(F)(F)F.[Ag+].[Ag+].c1ccc(-c2cccc(-c3ccccn3)n2)nc1.c1ccc(-c2cccc(-c3ccccn3)n2)nc1.c1ccnnc1. The number of sulfonamides is 4. The minimum Gasteiger partial charge on any atom is -0.421 e. The van der Waals surface area contributed by atoms with Crippen LogP contribution in [0.15, 0.2) is 159 Å². The summed E-state index contributed by atoms with van der Waals surface area (Å²) in [6, 6.07) is 38.6. The van der Waals surface area contributed by atoms with E-state index in [-0.39, 0.29) is 50.1 Å². The van der Waals surface area contributed by atoms with Gasteiger partial charge >= 0.3 is 66.8 Å². The van der Waals surface area contributed by atoms with Gasteiger partial charge in [-0.2, -0.15) is 62.9 Å². The molecule has 0 unspecified atom stereocenters. The molecule has 0 N–H and O–H groups in total. The van der Waals surface area contributed by atoms with E-state index >= 15 is 0 Å². The minimum absolute atomic E-state index is 0. The molecule has 0 aliphatic rings. The van der Waals surface area contributed by atoms with Crippen LogP contribution in [0.4, 0.5) is 52.7 Å². The second-order valence-corrected chi connectivity index (χ2v) is 20.2. The smallest absolute Gasteiger partial charge is 0.421 e. The van der Waals surface area contributed by atoms with Gasteiger partial charge in [-0.1, -0.05) is 36.4 Å². The van der Waals surface area contributed by atoms with E-state index in [9.17, 15) is 86.4 Å². The molecule has 426 valence electrons. The number of rotatable bonds is 8. The number of hydrogen-bond acceptors (Lipinski definition) is 16. The van der Waals surface area contributed by atoms with Crippen molar-refractivity contribution in [1.29, 1.82) is 0 Å². The van der Waals surface area contributed by atoms with Gasteiger partial charge in [0, 0.05) is 37.2 Å². The Bertz CT molecular complexity index is 2870. The summed E-state index contributed by atoms with van der Waals surface area (Å²) in [5.41, 5.74) is -17.9. The van der Waals surface area contributed by atoms with Crippen LogP contribution < -0.4 is 0 Å². The Morgan fingerprint density at radius 1 is 0.325 bits per heavy atom. The van der Waals surface area contributed by atoms with E-state index in [2.05, 4.69) is 40.1 Å². The van der Waals surface area contributed by atoms with Crippen molar-refractivity contribution in [2.24, 2.45) is 0 Å². The molecular weight excluding hydrogens is 1380 g/mol. The Hall–Kier alpha value is -5.08. The molecule has 0 atom stereocenters. The standard InChI is InChI=1S/2C15H11N3.C4H4N2.2C2F6NO4S2.CH2Cl2.2Ag/c2*1-3-10-16-12(6-1)14-8-5-9-15(18-14)13-7-2-4-11-17-13;1-2-4-6-5-3-1;2*3-1(4,5)14(10,11)9-15(12,13)2(6,7)8;2-1-3;;/h2*1-11H;1-4H;;;1H2;;/q;;;2*-1;;2*+1. The first-order valence-corrected chi connectivity index (χ1v) is 25.7. The van der Waals surface area contributed by atoms with Crippen LogP contribution in [0.2, 0.25) is 0 Å². The second-order valence-electron chi connectivity index (χ2n) is 12.5. The van der Waals surface area contributed by atoms with Gasteiger partial charge in [-0.3, -0.25) is 19.9 Å². The maximum absolute atomic E-state index is 11.4. The van der Waals surface area contributed by atoms with Gasteiger partial charge in [0.1, 0.15) is 0 Å². The van der Waals surface area contributed by atoms with Crippen LogP contribution in [-0.2, 0) is 84.9 Å². The number of pyridine rings is 6. The number of halogens is 14. The van der Waals surface area contributed by atoms with Crippen molar-refractivity contribution in [3.8, 4) is 45.6 Å². The molecule has 0 amide bonds. The zero-order valence-corrected chi connectivity index (χ0v) is 44.7. The fraction of sp³-hybridized carbons (Fsp3) is 0.128. The van der Waals surface area contributed by atoms with E-state index in [1.807, 2.05) is 121 Å². The number of alkyl halides is 14. The Morgan fingerprint density at radius 3 is 0.649 bits per heavy atom. The van der Waals surface area contributed by atoms with Crippen LogP contribution in [0.3, 0.4) is 0 Å². The molecule has 7 rings (SSSR count). The van der Waals surface area contributed by atoms with Crippen LogP contribution in [0.25, 0.3) is 53.8 Å². The molecule has 18 nitrogen and oxygen atoms in total. The molecule has 0 aliphatic carbocycles. The third-order valence-electron chi connectivity index (χ3n) is 7.25. The first-order chi connectivity index (χ1) is 34.7. The van der Waals surface area contributed by atoms with E-state index in [1.165, 1.54) is 0 Å². The Balaban J connectivity index is 0.000000943. The topological polar surface area (TPSA) is 268 Å². The fourth-order valence-corrected chi connectivity index (χ4v) is 7.60. The van der Waals surface area contributed by atoms with Crippen molar-refractivity contribution in [3.05, 3.63) is 167 Å². The van der Waals surface area contributed by atoms with Crippen LogP contribution in [0.5, 0.6) is 0 Å². The van der Waals surface area contributed by atoms with Crippen LogP contribution >= 0.6 is 23.2 Å². The van der Waals surface area contributed by atoms with Crippen molar-refractivity contribution < 1.29 is 131 Å². The van der Waals surface area contributed by atoms with Gasteiger partial charge in [-0.05, 0) is 84.9 Å². The van der Waals surface area contributed by atoms with Gasteiger partial charge in [0.25, 0.3) is 0 Å². The van der Waals surface area contributed by atoms with E-state index < -0.39 is 62.1 Å². The molecule has 7 aromatic heterocycles. The van der Waals surface area contributed by atoms with E-state index in [1.54, 1.807) is 37.2 Å². The molecule has 77 heavy (non-hydrogen) atoms. The van der Waals surface area contributed by atoms with Crippen LogP contribution in [0.1, 0.15) is 0 Å². The largest absolute Gasteiger partial charge is 1.00 e. The summed E-state index contributed by atoms with van der Waals surface area (Å²) < 4.78 is 218. The molecule has 0 fully saturated rings. The summed E-state index contributed by atoms with van der Waals surface area (Å²) in [6.07, 6.45) is 10.4. The number of nitrogens with zero attached hydrogens (tertiary/aromatic N) is 10. The molecule has 0 saturated carbocycles. The van der Waals surface area contributed by atoms with Crippen molar-refractivity contribution in [1.82, 2.24) is 40.1 Å². The number of hydrogen-bond donors (Lipinski definition) is 0. The maximum atomic E-state index is 11.4. The normalized spacial score (nSPS) is 11.6. The first-order valence-electron chi connectivity index (χ1n) is 18.9. The van der Waals surface area contributed by atoms with E-state index in [0.717, 1.165) is 53.8 Å². The third-order valence-corrected chi connectivity index (χ3v) is 12.7. The molecule has 0 aliphatic heterocycles. The molecule has 0 spiro atoms. The van der Waals surface area contributed by atoms with Crippen molar-refractivity contribution in [2.45, 2.75) is 22.0 Å². The molecule has 0 saturated heterocycles. The van der Waals surface area contributed by atoms with Gasteiger partial charge < -0.3 is 8.25 Å². The first kappa shape index (κ1) is 71.9. The monoisotopic (exact) mass is 1400 g/mol. The summed E-state index contributed by atoms with van der Waals surface area (Å²) in [7, 11) is -26.9. The summed E-state index contributed by atoms with van der Waals surface area (Å²) in [5.74, 6) is 0. The van der Waals surface area contributed by atoms with Crippen molar-refractivity contribution >= 4 is 63.3 Å². The molecule has 7 aromatic rings. The van der Waals surface area contributed by atoms with Gasteiger partial charge in [0.05, 0.1) is 50.9 Å². The zero-order chi connectivity index (χ0) is 56.8. The summed E-state index contributed by atoms with van der Waals surface area (Å²) in [5, 5.41) is 7.26. The Morgan fingerprint density at radius 2 is 0.506 bits per heavy atom. The summed E-state index contributed by atoms with van der Waals surface area (Å²) in [6.45, 7) is 0. The zero-order valence-electron chi connectivity index (χ0n) is 37.0. The molecule has 38 heteroatoms. The van der Waals surface area contributed by atoms with Crippen LogP contribution in [0, 0.1) is 0 Å². The average Bonchev–Trinajstić information content (AvgIpc) is 3.35. The van der Waals surface area contributed by atoms with E-state index in [0.29, 0.717) is 0 Å². The quantitative estimate of drug-likeness (QED) is 0.0777. The summed E-state index contributed by atoms with van der Waals surface area (Å²) >= 11 is 9.53. The molecular formula is C39H28Ag2Cl2F12N10O8S4. The molecule has 0 aromatic carbocycles. The predicted molar refractivity (Wildman–Crippen MR) is 247 cm³/mol. The second kappa shape index (κ2) is 32.1. The van der Waals surface area contributed by atoms with Crippen LogP contribution in [-0.4, -0.2) is 101 Å². The minimum atomic E-state index is -6.72. The summed E-state index contributed by atoms with van der Waals surface area (Å²) in [4.78, 5) is 26.4. The molecule has 7 heterocycles. The van der Waals surface area contributed by atoms with Gasteiger partial charge in [-0.15, -0.1) is 23.2 Å². The van der Waals surface area contributed by atoms with Crippen molar-refractivity contribution in [2.75, 3.05) is 5.34 Å². The van der Waals surface area contributed by atoms with Gasteiger partial charge in [0.15, 0.2) is 40.1 Å². The molecule has 0 radical (unpaired) electrons. The van der Waals surface area contributed by atoms with Crippen molar-refractivity contribution in [3.63, 3.8) is 0 Å². The fourth-order valence-electron chi connectivity index (χ4n) is 4.18. The Labute approximate surface area is 470 Å².